The number of aryl methyl sites for hydroxylation is 2. The highest BCUT2D eigenvalue weighted by atomic mass is 16.1. The number of nitrogens with two attached hydrogens (primary N) is 1. The van der Waals surface area contributed by atoms with E-state index in [0.717, 1.165) is 33.3 Å². The summed E-state index contributed by atoms with van der Waals surface area (Å²) in [6.07, 6.45) is 3.77. The number of carbonyl (C=O) groups is 1. The highest BCUT2D eigenvalue weighted by Gasteiger charge is 2.15. The zero-order valence-corrected chi connectivity index (χ0v) is 14.1. The van der Waals surface area contributed by atoms with Crippen LogP contribution in [0.4, 0.5) is 0 Å². The molecule has 2 heterocycles. The predicted octanol–water partition coefficient (Wildman–Crippen LogP) is 3.64. The van der Waals surface area contributed by atoms with Crippen molar-refractivity contribution in [2.75, 3.05) is 0 Å². The van der Waals surface area contributed by atoms with Gasteiger partial charge in [0.25, 0.3) is 5.91 Å². The maximum Gasteiger partial charge on any atom is 0.250 e. The molecule has 0 radical (unpaired) electrons. The van der Waals surface area contributed by atoms with Crippen LogP contribution in [0, 0.1) is 6.92 Å². The molecule has 0 saturated carbocycles. The molecule has 4 rings (SSSR count). The Labute approximate surface area is 145 Å². The van der Waals surface area contributed by atoms with Crippen molar-refractivity contribution < 1.29 is 4.79 Å². The lowest BCUT2D eigenvalue weighted by Gasteiger charge is -2.04. The number of H-pyrrole nitrogens is 1. The van der Waals surface area contributed by atoms with Gasteiger partial charge in [-0.25, -0.2) is 0 Å². The second-order valence-electron chi connectivity index (χ2n) is 6.27. The summed E-state index contributed by atoms with van der Waals surface area (Å²) in [5.74, 6) is -0.444. The lowest BCUT2D eigenvalue weighted by Crippen LogP contribution is -2.11. The van der Waals surface area contributed by atoms with Gasteiger partial charge in [-0.3, -0.25) is 9.48 Å². The van der Waals surface area contributed by atoms with Gasteiger partial charge in [0, 0.05) is 29.9 Å². The van der Waals surface area contributed by atoms with E-state index in [-0.39, 0.29) is 0 Å². The van der Waals surface area contributed by atoms with Crippen LogP contribution < -0.4 is 5.73 Å². The first-order valence-electron chi connectivity index (χ1n) is 8.04. The molecule has 0 bridgehead atoms. The van der Waals surface area contributed by atoms with E-state index in [1.165, 1.54) is 5.56 Å². The van der Waals surface area contributed by atoms with Crippen molar-refractivity contribution >= 4 is 16.8 Å². The number of nitrogens with zero attached hydrogens (tertiary/aromatic N) is 2. The first kappa shape index (κ1) is 15.2. The summed E-state index contributed by atoms with van der Waals surface area (Å²) in [6, 6.07) is 14.0. The minimum atomic E-state index is -0.444. The van der Waals surface area contributed by atoms with Crippen LogP contribution >= 0.6 is 0 Å². The Morgan fingerprint density at radius 1 is 1.12 bits per heavy atom. The first-order valence-corrected chi connectivity index (χ1v) is 8.04. The molecule has 4 aromatic rings. The van der Waals surface area contributed by atoms with E-state index in [1.54, 1.807) is 10.7 Å². The standard InChI is InChI=1S/C20H18N4O/c1-12-3-5-13(6-4-12)18-9-17-15(14-10-22-24(2)11-14)7-8-16(20(21)25)19(17)23-18/h3-11,23H,1-2H3,(H2,21,25). The lowest BCUT2D eigenvalue weighted by molar-refractivity contribution is 0.100. The van der Waals surface area contributed by atoms with Gasteiger partial charge in [0.15, 0.2) is 0 Å². The molecular weight excluding hydrogens is 312 g/mol. The second-order valence-corrected chi connectivity index (χ2v) is 6.27. The van der Waals surface area contributed by atoms with Gasteiger partial charge in [-0.05, 0) is 30.2 Å². The summed E-state index contributed by atoms with van der Waals surface area (Å²) in [7, 11) is 1.88. The highest BCUT2D eigenvalue weighted by Crippen LogP contribution is 2.34. The monoisotopic (exact) mass is 330 g/mol. The van der Waals surface area contributed by atoms with Crippen molar-refractivity contribution in [1.82, 2.24) is 14.8 Å². The number of fused-ring (bicyclic) bond motifs is 1. The zero-order valence-electron chi connectivity index (χ0n) is 14.1. The fourth-order valence-corrected chi connectivity index (χ4v) is 3.13. The molecule has 0 spiro atoms. The van der Waals surface area contributed by atoms with Gasteiger partial charge in [0.1, 0.15) is 0 Å². The molecule has 2 aromatic heterocycles. The second kappa shape index (κ2) is 5.63. The van der Waals surface area contributed by atoms with Crippen molar-refractivity contribution in [1.29, 1.82) is 0 Å². The van der Waals surface area contributed by atoms with Crippen LogP contribution in [0.25, 0.3) is 33.3 Å². The molecule has 5 heteroatoms. The summed E-state index contributed by atoms with van der Waals surface area (Å²) >= 11 is 0. The molecule has 0 aliphatic carbocycles. The zero-order chi connectivity index (χ0) is 17.6. The average Bonchev–Trinajstić information content (AvgIpc) is 3.21. The molecule has 3 N–H and O–H groups in total. The third-order valence-corrected chi connectivity index (χ3v) is 4.44. The van der Waals surface area contributed by atoms with E-state index < -0.39 is 5.91 Å². The first-order chi connectivity index (χ1) is 12.0. The molecule has 0 saturated heterocycles. The van der Waals surface area contributed by atoms with Crippen LogP contribution in [0.15, 0.2) is 54.9 Å². The van der Waals surface area contributed by atoms with Gasteiger partial charge >= 0.3 is 0 Å². The predicted molar refractivity (Wildman–Crippen MR) is 99.2 cm³/mol. The molecular formula is C20H18N4O. The van der Waals surface area contributed by atoms with Crippen molar-refractivity contribution in [2.24, 2.45) is 12.8 Å². The number of primary amides is 1. The Balaban J connectivity index is 1.98. The maximum atomic E-state index is 11.8. The smallest absolute Gasteiger partial charge is 0.250 e. The van der Waals surface area contributed by atoms with Crippen LogP contribution in [0.2, 0.25) is 0 Å². The summed E-state index contributed by atoms with van der Waals surface area (Å²) in [6.45, 7) is 2.06. The number of carbonyl (C=O) groups excluding carboxylic acids is 1. The Morgan fingerprint density at radius 2 is 1.88 bits per heavy atom. The summed E-state index contributed by atoms with van der Waals surface area (Å²) < 4.78 is 1.76. The molecule has 0 unspecified atom stereocenters. The molecule has 0 fully saturated rings. The van der Waals surface area contributed by atoms with Crippen LogP contribution in [0.5, 0.6) is 0 Å². The van der Waals surface area contributed by atoms with E-state index >= 15 is 0 Å². The Bertz CT molecular complexity index is 1090. The van der Waals surface area contributed by atoms with Gasteiger partial charge in [0.05, 0.1) is 17.3 Å². The maximum absolute atomic E-state index is 11.8. The van der Waals surface area contributed by atoms with E-state index in [2.05, 4.69) is 47.3 Å². The molecule has 5 nitrogen and oxygen atoms in total. The number of hydrogen-bond acceptors (Lipinski definition) is 2. The SMILES string of the molecule is Cc1ccc(-c2cc3c(-c4cnn(C)c4)ccc(C(N)=O)c3[nH]2)cc1. The number of aromatic amines is 1. The van der Waals surface area contributed by atoms with Crippen molar-refractivity contribution in [3.63, 3.8) is 0 Å². The Hall–Kier alpha value is -3.34. The van der Waals surface area contributed by atoms with Crippen molar-refractivity contribution in [3.05, 3.63) is 66.0 Å². The molecule has 0 aliphatic heterocycles. The summed E-state index contributed by atoms with van der Waals surface area (Å²) in [5, 5.41) is 5.21. The average molecular weight is 330 g/mol. The van der Waals surface area contributed by atoms with Crippen LogP contribution in [-0.4, -0.2) is 20.7 Å². The number of rotatable bonds is 3. The number of nitrogens with one attached hydrogen (secondary N) is 1. The fourth-order valence-electron chi connectivity index (χ4n) is 3.13. The van der Waals surface area contributed by atoms with Gasteiger partial charge in [-0.15, -0.1) is 0 Å². The Morgan fingerprint density at radius 3 is 2.52 bits per heavy atom. The molecule has 0 aliphatic rings. The van der Waals surface area contributed by atoms with Crippen molar-refractivity contribution in [2.45, 2.75) is 6.92 Å². The van der Waals surface area contributed by atoms with Gasteiger partial charge < -0.3 is 10.7 Å². The minimum absolute atomic E-state index is 0.444. The topological polar surface area (TPSA) is 76.7 Å². The van der Waals surface area contributed by atoms with E-state index in [9.17, 15) is 4.79 Å². The molecule has 124 valence electrons. The molecule has 2 aromatic carbocycles. The van der Waals surface area contributed by atoms with Crippen LogP contribution in [0.1, 0.15) is 15.9 Å². The fraction of sp³-hybridized carbons (Fsp3) is 0.100. The van der Waals surface area contributed by atoms with E-state index in [0.29, 0.717) is 5.56 Å². The molecule has 0 atom stereocenters. The third kappa shape index (κ3) is 2.59. The summed E-state index contributed by atoms with van der Waals surface area (Å²) in [4.78, 5) is 15.2. The molecule has 1 amide bonds. The number of aromatic nitrogens is 3. The van der Waals surface area contributed by atoms with Gasteiger partial charge in [0.2, 0.25) is 0 Å². The third-order valence-electron chi connectivity index (χ3n) is 4.44. The number of amides is 1. The van der Waals surface area contributed by atoms with Crippen molar-refractivity contribution in [3.8, 4) is 22.4 Å². The largest absolute Gasteiger partial charge is 0.366 e. The number of benzene rings is 2. The summed E-state index contributed by atoms with van der Waals surface area (Å²) in [5.41, 5.74) is 12.0. The number of hydrogen-bond donors (Lipinski definition) is 2. The van der Waals surface area contributed by atoms with Crippen LogP contribution in [-0.2, 0) is 7.05 Å². The Kier molecular flexibility index (Phi) is 3.42. The minimum Gasteiger partial charge on any atom is -0.366 e. The van der Waals surface area contributed by atoms with E-state index in [1.807, 2.05) is 25.5 Å². The quantitative estimate of drug-likeness (QED) is 0.601. The normalized spacial score (nSPS) is 11.1. The van der Waals surface area contributed by atoms with Gasteiger partial charge in [-0.1, -0.05) is 35.9 Å². The highest BCUT2D eigenvalue weighted by molar-refractivity contribution is 6.10. The van der Waals surface area contributed by atoms with Gasteiger partial charge in [-0.2, -0.15) is 5.10 Å². The lowest BCUT2D eigenvalue weighted by atomic mass is 10.0. The van der Waals surface area contributed by atoms with Crippen LogP contribution in [0.3, 0.4) is 0 Å². The molecule has 25 heavy (non-hydrogen) atoms. The van der Waals surface area contributed by atoms with E-state index in [4.69, 9.17) is 5.73 Å².